The molecule has 0 aromatic heterocycles. The summed E-state index contributed by atoms with van der Waals surface area (Å²) in [4.78, 5) is 0.268. The molecular weight excluding hydrogens is 276 g/mol. The van der Waals surface area contributed by atoms with E-state index in [2.05, 4.69) is 4.72 Å². The van der Waals surface area contributed by atoms with Crippen molar-refractivity contribution in [2.24, 2.45) is 0 Å². The molecule has 20 heavy (non-hydrogen) atoms. The molecule has 1 aromatic rings. The van der Waals surface area contributed by atoms with Crippen LogP contribution in [0, 0.1) is 13.8 Å². The Morgan fingerprint density at radius 1 is 1.20 bits per heavy atom. The summed E-state index contributed by atoms with van der Waals surface area (Å²) < 4.78 is 27.7. The summed E-state index contributed by atoms with van der Waals surface area (Å²) >= 11 is 0. The lowest BCUT2D eigenvalue weighted by Crippen LogP contribution is -2.45. The first-order chi connectivity index (χ1) is 9.31. The van der Waals surface area contributed by atoms with Crippen LogP contribution in [-0.4, -0.2) is 25.7 Å². The van der Waals surface area contributed by atoms with Gasteiger partial charge in [-0.25, -0.2) is 13.1 Å². The Morgan fingerprint density at radius 2 is 1.75 bits per heavy atom. The van der Waals surface area contributed by atoms with Crippen molar-refractivity contribution < 1.29 is 13.5 Å². The topological polar surface area (TPSA) is 92.4 Å². The number of anilines is 1. The third kappa shape index (κ3) is 3.13. The van der Waals surface area contributed by atoms with Gasteiger partial charge < -0.3 is 10.8 Å². The molecule has 0 saturated heterocycles. The number of rotatable bonds is 3. The first-order valence-electron chi connectivity index (χ1n) is 6.88. The van der Waals surface area contributed by atoms with E-state index >= 15 is 0 Å². The highest BCUT2D eigenvalue weighted by atomic mass is 32.2. The molecule has 0 amide bonds. The molecule has 2 rings (SSSR count). The maximum absolute atomic E-state index is 12.5. The summed E-state index contributed by atoms with van der Waals surface area (Å²) in [5.74, 6) is 0. The Bertz CT molecular complexity index is 575. The zero-order valence-electron chi connectivity index (χ0n) is 11.9. The normalized spacial score (nSPS) is 23.8. The lowest BCUT2D eigenvalue weighted by molar-refractivity contribution is 0.101. The van der Waals surface area contributed by atoms with Crippen molar-refractivity contribution in [2.45, 2.75) is 56.6 Å². The monoisotopic (exact) mass is 298 g/mol. The lowest BCUT2D eigenvalue weighted by Gasteiger charge is -2.28. The number of nitrogen functional groups attached to an aromatic ring is 1. The van der Waals surface area contributed by atoms with E-state index in [0.717, 1.165) is 12.8 Å². The smallest absolute Gasteiger partial charge is 0.241 e. The molecule has 2 unspecified atom stereocenters. The number of aryl methyl sites for hydroxylation is 2. The Kier molecular flexibility index (Phi) is 4.36. The maximum Gasteiger partial charge on any atom is 0.241 e. The average Bonchev–Trinajstić information content (AvgIpc) is 2.30. The molecular formula is C14H22N2O3S. The minimum atomic E-state index is -3.64. The van der Waals surface area contributed by atoms with Gasteiger partial charge in [0.25, 0.3) is 0 Å². The predicted molar refractivity (Wildman–Crippen MR) is 78.9 cm³/mol. The zero-order valence-corrected chi connectivity index (χ0v) is 12.7. The van der Waals surface area contributed by atoms with Crippen LogP contribution in [0.3, 0.4) is 0 Å². The van der Waals surface area contributed by atoms with Crippen LogP contribution < -0.4 is 10.5 Å². The number of hydrogen-bond donors (Lipinski definition) is 3. The van der Waals surface area contributed by atoms with Crippen molar-refractivity contribution in [1.29, 1.82) is 0 Å². The SMILES string of the molecule is Cc1cc(N)cc(C)c1S(=O)(=O)NC1CCCCC1O. The fourth-order valence-electron chi connectivity index (χ4n) is 2.91. The lowest BCUT2D eigenvalue weighted by atomic mass is 9.93. The fraction of sp³-hybridized carbons (Fsp3) is 0.571. The van der Waals surface area contributed by atoms with Gasteiger partial charge in [0.05, 0.1) is 11.0 Å². The molecule has 4 N–H and O–H groups in total. The van der Waals surface area contributed by atoms with Crippen molar-refractivity contribution in [2.75, 3.05) is 5.73 Å². The summed E-state index contributed by atoms with van der Waals surface area (Å²) in [6, 6.07) is 2.91. The van der Waals surface area contributed by atoms with Crippen LogP contribution in [0.25, 0.3) is 0 Å². The molecule has 1 aliphatic carbocycles. The molecule has 1 aromatic carbocycles. The number of aliphatic hydroxyl groups is 1. The Morgan fingerprint density at radius 3 is 2.30 bits per heavy atom. The van der Waals surface area contributed by atoms with E-state index in [4.69, 9.17) is 5.73 Å². The summed E-state index contributed by atoms with van der Waals surface area (Å²) in [6.45, 7) is 3.46. The molecule has 6 heteroatoms. The van der Waals surface area contributed by atoms with Gasteiger partial charge in [0.1, 0.15) is 0 Å². The molecule has 0 heterocycles. The van der Waals surface area contributed by atoms with E-state index in [9.17, 15) is 13.5 Å². The van der Waals surface area contributed by atoms with E-state index in [1.54, 1.807) is 26.0 Å². The van der Waals surface area contributed by atoms with Gasteiger partial charge in [0, 0.05) is 11.7 Å². The molecule has 2 atom stereocenters. The maximum atomic E-state index is 12.5. The standard InChI is InChI=1S/C14H22N2O3S/c1-9-7-11(15)8-10(2)14(9)20(18,19)16-12-5-3-4-6-13(12)17/h7-8,12-13,16-17H,3-6,15H2,1-2H3. The number of benzene rings is 1. The molecule has 112 valence electrons. The highest BCUT2D eigenvalue weighted by Crippen LogP contribution is 2.25. The Labute approximate surface area is 120 Å². The summed E-state index contributed by atoms with van der Waals surface area (Å²) in [7, 11) is -3.64. The molecule has 0 bridgehead atoms. The van der Waals surface area contributed by atoms with Crippen LogP contribution >= 0.6 is 0 Å². The van der Waals surface area contributed by atoms with E-state index in [1.165, 1.54) is 0 Å². The van der Waals surface area contributed by atoms with Crippen LogP contribution in [0.15, 0.2) is 17.0 Å². The number of aliphatic hydroxyl groups excluding tert-OH is 1. The molecule has 0 spiro atoms. The van der Waals surface area contributed by atoms with E-state index < -0.39 is 22.2 Å². The third-order valence-electron chi connectivity index (χ3n) is 3.79. The molecule has 0 radical (unpaired) electrons. The average molecular weight is 298 g/mol. The number of nitrogens with one attached hydrogen (secondary N) is 1. The molecule has 1 fully saturated rings. The van der Waals surface area contributed by atoms with E-state index in [1.807, 2.05) is 0 Å². The molecule has 0 aliphatic heterocycles. The predicted octanol–water partition coefficient (Wildman–Crippen LogP) is 1.47. The van der Waals surface area contributed by atoms with Crippen molar-refractivity contribution in [3.63, 3.8) is 0 Å². The highest BCUT2D eigenvalue weighted by Gasteiger charge is 2.29. The fourth-order valence-corrected chi connectivity index (χ4v) is 4.67. The quantitative estimate of drug-likeness (QED) is 0.737. The number of hydrogen-bond acceptors (Lipinski definition) is 4. The van der Waals surface area contributed by atoms with Gasteiger partial charge in [-0.3, -0.25) is 0 Å². The minimum absolute atomic E-state index is 0.268. The van der Waals surface area contributed by atoms with Gasteiger partial charge in [-0.05, 0) is 49.9 Å². The van der Waals surface area contributed by atoms with Crippen molar-refractivity contribution in [1.82, 2.24) is 4.72 Å². The largest absolute Gasteiger partial charge is 0.399 e. The highest BCUT2D eigenvalue weighted by molar-refractivity contribution is 7.89. The van der Waals surface area contributed by atoms with E-state index in [0.29, 0.717) is 29.7 Å². The van der Waals surface area contributed by atoms with Gasteiger partial charge in [-0.2, -0.15) is 0 Å². The second-order valence-corrected chi connectivity index (χ2v) is 7.21. The minimum Gasteiger partial charge on any atom is -0.399 e. The summed E-state index contributed by atoms with van der Waals surface area (Å²) in [5, 5.41) is 9.91. The van der Waals surface area contributed by atoms with E-state index in [-0.39, 0.29) is 4.90 Å². The third-order valence-corrected chi connectivity index (χ3v) is 5.58. The van der Waals surface area contributed by atoms with Crippen LogP contribution in [0.5, 0.6) is 0 Å². The van der Waals surface area contributed by atoms with Gasteiger partial charge >= 0.3 is 0 Å². The second kappa shape index (κ2) is 5.71. The molecule has 1 aliphatic rings. The Balaban J connectivity index is 2.31. The number of nitrogens with two attached hydrogens (primary N) is 1. The zero-order chi connectivity index (χ0) is 14.9. The van der Waals surface area contributed by atoms with Crippen molar-refractivity contribution in [3.8, 4) is 0 Å². The Hall–Kier alpha value is -1.11. The first-order valence-corrected chi connectivity index (χ1v) is 8.36. The molecule has 1 saturated carbocycles. The number of sulfonamides is 1. The summed E-state index contributed by atoms with van der Waals surface area (Å²) in [6.07, 6.45) is 2.59. The van der Waals surface area contributed by atoms with Gasteiger partial charge in [-0.15, -0.1) is 0 Å². The first kappa shape index (κ1) is 15.3. The van der Waals surface area contributed by atoms with Crippen LogP contribution in [0.2, 0.25) is 0 Å². The van der Waals surface area contributed by atoms with Gasteiger partial charge in [0.15, 0.2) is 0 Å². The van der Waals surface area contributed by atoms with Crippen LogP contribution in [0.1, 0.15) is 36.8 Å². The second-order valence-electron chi connectivity index (χ2n) is 5.56. The van der Waals surface area contributed by atoms with Crippen molar-refractivity contribution in [3.05, 3.63) is 23.3 Å². The van der Waals surface area contributed by atoms with Crippen LogP contribution in [-0.2, 0) is 10.0 Å². The molecule has 5 nitrogen and oxygen atoms in total. The van der Waals surface area contributed by atoms with Crippen LogP contribution in [0.4, 0.5) is 5.69 Å². The summed E-state index contributed by atoms with van der Waals surface area (Å²) in [5.41, 5.74) is 7.53. The van der Waals surface area contributed by atoms with Gasteiger partial charge in [0.2, 0.25) is 10.0 Å². The van der Waals surface area contributed by atoms with Gasteiger partial charge in [-0.1, -0.05) is 12.8 Å². The van der Waals surface area contributed by atoms with Crippen molar-refractivity contribution >= 4 is 15.7 Å².